The van der Waals surface area contributed by atoms with Crippen molar-refractivity contribution >= 4 is 0 Å². The van der Waals surface area contributed by atoms with Crippen molar-refractivity contribution in [2.24, 2.45) is 0 Å². The maximum absolute atomic E-state index is 5.86. The average molecular weight is 258 g/mol. The Labute approximate surface area is 114 Å². The molecule has 0 heterocycles. The van der Waals surface area contributed by atoms with Crippen LogP contribution in [0.4, 0.5) is 0 Å². The third kappa shape index (κ3) is 8.10. The molecule has 2 heteroatoms. The Kier molecular flexibility index (Phi) is 10.8. The second-order valence-electron chi connectivity index (χ2n) is 5.54. The highest BCUT2D eigenvalue weighted by molar-refractivity contribution is 4.80. The van der Waals surface area contributed by atoms with E-state index < -0.39 is 0 Å². The first-order valence-corrected chi connectivity index (χ1v) is 7.84. The molecule has 18 heavy (non-hydrogen) atoms. The predicted octanol–water partition coefficient (Wildman–Crippen LogP) is 4.96. The fourth-order valence-corrected chi connectivity index (χ4v) is 2.41. The summed E-state index contributed by atoms with van der Waals surface area (Å²) in [5.41, 5.74) is -0.159. The van der Waals surface area contributed by atoms with Gasteiger partial charge >= 0.3 is 0 Å². The third-order valence-corrected chi connectivity index (χ3v) is 3.48. The summed E-state index contributed by atoms with van der Waals surface area (Å²) in [6.45, 7) is 12.2. The van der Waals surface area contributed by atoms with E-state index in [1.54, 1.807) is 0 Å². The minimum Gasteiger partial charge on any atom is -0.376 e. The van der Waals surface area contributed by atoms with E-state index >= 15 is 0 Å². The molecule has 0 saturated carbocycles. The predicted molar refractivity (Wildman–Crippen MR) is 79.1 cm³/mol. The molecule has 0 aliphatic heterocycles. The lowest BCUT2D eigenvalue weighted by molar-refractivity contribution is -0.124. The number of ether oxygens (including phenoxy) is 2. The summed E-state index contributed by atoms with van der Waals surface area (Å²) in [6.07, 6.45) is 9.36. The van der Waals surface area contributed by atoms with E-state index in [0.29, 0.717) is 0 Å². The molecule has 0 aliphatic carbocycles. The molecule has 0 spiro atoms. The van der Waals surface area contributed by atoms with Crippen LogP contribution in [0.3, 0.4) is 0 Å². The van der Waals surface area contributed by atoms with Gasteiger partial charge in [0.05, 0.1) is 11.7 Å². The quantitative estimate of drug-likeness (QED) is 0.461. The Morgan fingerprint density at radius 1 is 0.833 bits per heavy atom. The topological polar surface area (TPSA) is 18.5 Å². The second kappa shape index (κ2) is 10.8. The van der Waals surface area contributed by atoms with Gasteiger partial charge in [-0.2, -0.15) is 0 Å². The number of hydrogen-bond donors (Lipinski definition) is 0. The second-order valence-corrected chi connectivity index (χ2v) is 5.54. The number of unbranched alkanes of at least 4 members (excludes halogenated alkanes) is 5. The molecule has 1 atom stereocenters. The lowest BCUT2D eigenvalue weighted by Crippen LogP contribution is -2.41. The van der Waals surface area contributed by atoms with E-state index in [2.05, 4.69) is 34.6 Å². The summed E-state index contributed by atoms with van der Waals surface area (Å²) < 4.78 is 11.7. The highest BCUT2D eigenvalue weighted by Gasteiger charge is 2.29. The highest BCUT2D eigenvalue weighted by atomic mass is 16.5. The van der Waals surface area contributed by atoms with E-state index in [9.17, 15) is 0 Å². The van der Waals surface area contributed by atoms with E-state index in [1.807, 2.05) is 0 Å². The molecule has 0 aromatic heterocycles. The smallest absolute Gasteiger partial charge is 0.0886 e. The minimum absolute atomic E-state index is 0.159. The summed E-state index contributed by atoms with van der Waals surface area (Å²) >= 11 is 0. The van der Waals surface area contributed by atoms with Gasteiger partial charge in [-0.3, -0.25) is 0 Å². The van der Waals surface area contributed by atoms with Crippen molar-refractivity contribution in [1.82, 2.24) is 0 Å². The molecular formula is C16H34O2. The molecule has 0 fully saturated rings. The number of hydrogen-bond acceptors (Lipinski definition) is 2. The Balaban J connectivity index is 3.89. The van der Waals surface area contributed by atoms with Crippen molar-refractivity contribution in [1.29, 1.82) is 0 Å². The van der Waals surface area contributed by atoms with Gasteiger partial charge in [0, 0.05) is 13.2 Å². The first kappa shape index (κ1) is 17.9. The van der Waals surface area contributed by atoms with Crippen molar-refractivity contribution in [2.45, 2.75) is 91.3 Å². The van der Waals surface area contributed by atoms with Crippen LogP contribution in [-0.2, 0) is 9.47 Å². The molecule has 0 bridgehead atoms. The van der Waals surface area contributed by atoms with E-state index in [0.717, 1.165) is 19.6 Å². The SMILES string of the molecule is CCCCCCCCC(OCC)C(C)(C)OCC. The zero-order valence-electron chi connectivity index (χ0n) is 13.3. The van der Waals surface area contributed by atoms with Crippen LogP contribution in [0.1, 0.15) is 79.6 Å². The van der Waals surface area contributed by atoms with Crippen molar-refractivity contribution in [2.75, 3.05) is 13.2 Å². The lowest BCUT2D eigenvalue weighted by Gasteiger charge is -2.34. The molecule has 0 aliphatic rings. The minimum atomic E-state index is -0.159. The van der Waals surface area contributed by atoms with Crippen LogP contribution in [0.15, 0.2) is 0 Å². The van der Waals surface area contributed by atoms with Crippen molar-refractivity contribution < 1.29 is 9.47 Å². The first-order valence-electron chi connectivity index (χ1n) is 7.84. The van der Waals surface area contributed by atoms with E-state index in [1.165, 1.54) is 38.5 Å². The van der Waals surface area contributed by atoms with E-state index in [-0.39, 0.29) is 11.7 Å². The van der Waals surface area contributed by atoms with Crippen LogP contribution < -0.4 is 0 Å². The normalized spacial score (nSPS) is 13.8. The molecule has 0 aromatic rings. The van der Waals surface area contributed by atoms with Gasteiger partial charge in [0.25, 0.3) is 0 Å². The molecule has 2 nitrogen and oxygen atoms in total. The van der Waals surface area contributed by atoms with Crippen LogP contribution in [0.2, 0.25) is 0 Å². The van der Waals surface area contributed by atoms with Gasteiger partial charge in [-0.05, 0) is 34.1 Å². The molecule has 110 valence electrons. The van der Waals surface area contributed by atoms with Gasteiger partial charge in [-0.15, -0.1) is 0 Å². The molecule has 1 unspecified atom stereocenters. The maximum Gasteiger partial charge on any atom is 0.0886 e. The maximum atomic E-state index is 5.86. The first-order chi connectivity index (χ1) is 8.58. The van der Waals surface area contributed by atoms with Gasteiger partial charge in [-0.25, -0.2) is 0 Å². The summed E-state index contributed by atoms with van der Waals surface area (Å²) in [5.74, 6) is 0. The molecule has 0 amide bonds. The standard InChI is InChI=1S/C16H34O2/c1-6-9-10-11-12-13-14-15(17-7-2)16(4,5)18-8-3/h15H,6-14H2,1-5H3. The van der Waals surface area contributed by atoms with Crippen LogP contribution in [0.5, 0.6) is 0 Å². The Bertz CT molecular complexity index is 178. The fraction of sp³-hybridized carbons (Fsp3) is 1.00. The van der Waals surface area contributed by atoms with E-state index in [4.69, 9.17) is 9.47 Å². The van der Waals surface area contributed by atoms with Crippen molar-refractivity contribution in [3.8, 4) is 0 Å². The van der Waals surface area contributed by atoms with Crippen LogP contribution in [0, 0.1) is 0 Å². The van der Waals surface area contributed by atoms with Crippen LogP contribution >= 0.6 is 0 Å². The van der Waals surface area contributed by atoms with Gasteiger partial charge < -0.3 is 9.47 Å². The summed E-state index contributed by atoms with van der Waals surface area (Å²) in [5, 5.41) is 0. The Hall–Kier alpha value is -0.0800. The Morgan fingerprint density at radius 2 is 1.44 bits per heavy atom. The fourth-order valence-electron chi connectivity index (χ4n) is 2.41. The average Bonchev–Trinajstić information content (AvgIpc) is 2.32. The van der Waals surface area contributed by atoms with Crippen molar-refractivity contribution in [3.63, 3.8) is 0 Å². The summed E-state index contributed by atoms with van der Waals surface area (Å²) in [7, 11) is 0. The monoisotopic (exact) mass is 258 g/mol. The number of rotatable bonds is 12. The van der Waals surface area contributed by atoms with Crippen LogP contribution in [-0.4, -0.2) is 24.9 Å². The third-order valence-electron chi connectivity index (χ3n) is 3.48. The molecule has 0 saturated heterocycles. The molecule has 0 rings (SSSR count). The van der Waals surface area contributed by atoms with Gasteiger partial charge in [0.2, 0.25) is 0 Å². The van der Waals surface area contributed by atoms with Gasteiger partial charge in [0.15, 0.2) is 0 Å². The highest BCUT2D eigenvalue weighted by Crippen LogP contribution is 2.23. The summed E-state index contributed by atoms with van der Waals surface area (Å²) in [6, 6.07) is 0. The van der Waals surface area contributed by atoms with Gasteiger partial charge in [-0.1, -0.05) is 45.4 Å². The van der Waals surface area contributed by atoms with Gasteiger partial charge in [0.1, 0.15) is 0 Å². The largest absolute Gasteiger partial charge is 0.376 e. The molecular weight excluding hydrogens is 224 g/mol. The zero-order valence-corrected chi connectivity index (χ0v) is 13.3. The summed E-state index contributed by atoms with van der Waals surface area (Å²) in [4.78, 5) is 0. The van der Waals surface area contributed by atoms with Crippen LogP contribution in [0.25, 0.3) is 0 Å². The lowest BCUT2D eigenvalue weighted by atomic mass is 9.95. The molecule has 0 radical (unpaired) electrons. The molecule has 0 aromatic carbocycles. The molecule has 0 N–H and O–H groups in total. The van der Waals surface area contributed by atoms with Crippen molar-refractivity contribution in [3.05, 3.63) is 0 Å². The zero-order chi connectivity index (χ0) is 13.9. The Morgan fingerprint density at radius 3 is 2.00 bits per heavy atom.